The Morgan fingerprint density at radius 2 is 2.11 bits per heavy atom. The summed E-state index contributed by atoms with van der Waals surface area (Å²) < 4.78 is 5.03. The van der Waals surface area contributed by atoms with E-state index in [2.05, 4.69) is 15.3 Å². The molecule has 0 spiro atoms. The van der Waals surface area contributed by atoms with Gasteiger partial charge in [0.05, 0.1) is 17.8 Å². The number of nitrogens with zero attached hydrogens (tertiary/aromatic N) is 2. The molecule has 5 nitrogen and oxygen atoms in total. The number of aryl methyl sites for hydroxylation is 1. The van der Waals surface area contributed by atoms with E-state index < -0.39 is 0 Å². The second-order valence-electron chi connectivity index (χ2n) is 3.71. The van der Waals surface area contributed by atoms with Gasteiger partial charge in [0.2, 0.25) is 11.8 Å². The fourth-order valence-corrected chi connectivity index (χ4v) is 1.80. The van der Waals surface area contributed by atoms with Crippen LogP contribution in [0.1, 0.15) is 5.56 Å². The normalized spacial score (nSPS) is 10.2. The van der Waals surface area contributed by atoms with Crippen molar-refractivity contribution in [1.82, 2.24) is 9.97 Å². The van der Waals surface area contributed by atoms with Crippen molar-refractivity contribution < 1.29 is 4.74 Å². The molecule has 1 aromatic heterocycles. The van der Waals surface area contributed by atoms with Crippen LogP contribution in [0.5, 0.6) is 5.88 Å². The van der Waals surface area contributed by atoms with Gasteiger partial charge in [-0.3, -0.25) is 0 Å². The van der Waals surface area contributed by atoms with Gasteiger partial charge in [-0.25, -0.2) is 0 Å². The van der Waals surface area contributed by atoms with E-state index in [9.17, 15) is 0 Å². The van der Waals surface area contributed by atoms with Crippen molar-refractivity contribution in [3.05, 3.63) is 34.9 Å². The number of ether oxygens (including phenoxy) is 1. The number of hydrogen-bond acceptors (Lipinski definition) is 5. The predicted molar refractivity (Wildman–Crippen MR) is 72.5 cm³/mol. The van der Waals surface area contributed by atoms with Crippen molar-refractivity contribution in [2.24, 2.45) is 0 Å². The molecule has 0 saturated heterocycles. The monoisotopic (exact) mass is 264 g/mol. The Kier molecular flexibility index (Phi) is 3.53. The fraction of sp³-hybridized carbons (Fsp3) is 0.167. The van der Waals surface area contributed by atoms with E-state index in [4.69, 9.17) is 22.1 Å². The molecule has 3 N–H and O–H groups in total. The van der Waals surface area contributed by atoms with Gasteiger partial charge in [0.1, 0.15) is 5.82 Å². The smallest absolute Gasteiger partial charge is 0.225 e. The Morgan fingerprint density at radius 1 is 1.33 bits per heavy atom. The summed E-state index contributed by atoms with van der Waals surface area (Å²) in [5, 5.41) is 3.73. The fourth-order valence-electron chi connectivity index (χ4n) is 1.53. The average Bonchev–Trinajstić information content (AvgIpc) is 2.33. The average molecular weight is 265 g/mol. The Morgan fingerprint density at radius 3 is 2.78 bits per heavy atom. The summed E-state index contributed by atoms with van der Waals surface area (Å²) in [6.45, 7) is 1.95. The third-order valence-corrected chi connectivity index (χ3v) is 2.72. The van der Waals surface area contributed by atoms with Gasteiger partial charge in [-0.15, -0.1) is 0 Å². The lowest BCUT2D eigenvalue weighted by Gasteiger charge is -2.11. The molecule has 0 bridgehead atoms. The van der Waals surface area contributed by atoms with Crippen molar-refractivity contribution in [3.63, 3.8) is 0 Å². The van der Waals surface area contributed by atoms with E-state index in [0.717, 1.165) is 11.3 Å². The molecule has 0 saturated carbocycles. The summed E-state index contributed by atoms with van der Waals surface area (Å²) in [7, 11) is 1.52. The van der Waals surface area contributed by atoms with Crippen molar-refractivity contribution in [2.45, 2.75) is 6.92 Å². The first-order valence-corrected chi connectivity index (χ1v) is 5.68. The first-order chi connectivity index (χ1) is 8.60. The highest BCUT2D eigenvalue weighted by Gasteiger charge is 2.07. The number of anilines is 3. The molecule has 0 fully saturated rings. The number of halogens is 1. The van der Waals surface area contributed by atoms with E-state index in [1.165, 1.54) is 7.11 Å². The Balaban J connectivity index is 2.37. The van der Waals surface area contributed by atoms with E-state index in [0.29, 0.717) is 16.7 Å². The van der Waals surface area contributed by atoms with Crippen LogP contribution in [-0.2, 0) is 0 Å². The van der Waals surface area contributed by atoms with Crippen LogP contribution in [-0.4, -0.2) is 17.1 Å². The summed E-state index contributed by atoms with van der Waals surface area (Å²) in [6, 6.07) is 7.30. The summed E-state index contributed by atoms with van der Waals surface area (Å²) in [6.07, 6.45) is 0. The van der Waals surface area contributed by atoms with E-state index in [1.807, 2.05) is 19.1 Å². The van der Waals surface area contributed by atoms with Crippen LogP contribution in [0, 0.1) is 6.92 Å². The Bertz CT molecular complexity index is 554. The molecule has 6 heteroatoms. The van der Waals surface area contributed by atoms with Gasteiger partial charge in [-0.05, 0) is 18.6 Å². The van der Waals surface area contributed by atoms with Gasteiger partial charge in [-0.1, -0.05) is 23.7 Å². The van der Waals surface area contributed by atoms with Gasteiger partial charge < -0.3 is 15.8 Å². The first-order valence-electron chi connectivity index (χ1n) is 5.31. The molecule has 0 aliphatic heterocycles. The number of nitrogens with one attached hydrogen (secondary N) is 1. The molecular weight excluding hydrogens is 252 g/mol. The number of para-hydroxylation sites is 1. The maximum absolute atomic E-state index is 6.12. The Labute approximate surface area is 110 Å². The number of methoxy groups -OCH3 is 1. The third-order valence-electron chi connectivity index (χ3n) is 2.40. The van der Waals surface area contributed by atoms with E-state index >= 15 is 0 Å². The molecule has 0 unspecified atom stereocenters. The Hall–Kier alpha value is -2.01. The summed E-state index contributed by atoms with van der Waals surface area (Å²) >= 11 is 6.12. The maximum atomic E-state index is 6.12. The van der Waals surface area contributed by atoms with Crippen LogP contribution >= 0.6 is 11.6 Å². The molecule has 94 valence electrons. The molecule has 2 aromatic rings. The van der Waals surface area contributed by atoms with Gasteiger partial charge in [0.15, 0.2) is 0 Å². The van der Waals surface area contributed by atoms with E-state index in [1.54, 1.807) is 12.1 Å². The zero-order valence-corrected chi connectivity index (χ0v) is 10.8. The molecule has 0 atom stereocenters. The lowest BCUT2D eigenvalue weighted by atomic mass is 10.2. The minimum Gasteiger partial charge on any atom is -0.481 e. The second-order valence-corrected chi connectivity index (χ2v) is 4.12. The molecule has 0 aliphatic rings. The number of nitrogens with two attached hydrogens (primary N) is 1. The largest absolute Gasteiger partial charge is 0.481 e. The van der Waals surface area contributed by atoms with Crippen molar-refractivity contribution in [3.8, 4) is 5.88 Å². The van der Waals surface area contributed by atoms with E-state index in [-0.39, 0.29) is 5.95 Å². The summed E-state index contributed by atoms with van der Waals surface area (Å²) in [4.78, 5) is 7.99. The molecular formula is C12H13ClN4O. The predicted octanol–water partition coefficient (Wildman–Crippen LogP) is 2.77. The highest BCUT2D eigenvalue weighted by Crippen LogP contribution is 2.28. The standard InChI is InChI=1S/C12H13ClN4O/c1-7-4-3-5-8(13)11(7)15-9-6-10(18-2)17-12(14)16-9/h3-6H,1-2H3,(H3,14,15,16,17). The number of aromatic nitrogens is 2. The minimum atomic E-state index is 0.140. The van der Waals surface area contributed by atoms with Gasteiger partial charge >= 0.3 is 0 Å². The van der Waals surface area contributed by atoms with Crippen LogP contribution < -0.4 is 15.8 Å². The quantitative estimate of drug-likeness (QED) is 0.892. The SMILES string of the molecule is COc1cc(Nc2c(C)cccc2Cl)nc(N)n1. The zero-order chi connectivity index (χ0) is 13.1. The van der Waals surface area contributed by atoms with Gasteiger partial charge in [-0.2, -0.15) is 9.97 Å². The minimum absolute atomic E-state index is 0.140. The molecule has 0 aliphatic carbocycles. The van der Waals surface area contributed by atoms with Crippen LogP contribution in [0.2, 0.25) is 5.02 Å². The highest BCUT2D eigenvalue weighted by atomic mass is 35.5. The molecule has 0 amide bonds. The molecule has 1 heterocycles. The lowest BCUT2D eigenvalue weighted by molar-refractivity contribution is 0.398. The first kappa shape index (κ1) is 12.4. The van der Waals surface area contributed by atoms with Gasteiger partial charge in [0, 0.05) is 6.07 Å². The number of rotatable bonds is 3. The second kappa shape index (κ2) is 5.10. The third kappa shape index (κ3) is 2.62. The number of nitrogen functional groups attached to an aromatic ring is 1. The van der Waals surface area contributed by atoms with Crippen molar-refractivity contribution >= 4 is 29.1 Å². The number of hydrogen-bond donors (Lipinski definition) is 2. The summed E-state index contributed by atoms with van der Waals surface area (Å²) in [5.41, 5.74) is 7.39. The number of benzene rings is 1. The molecule has 18 heavy (non-hydrogen) atoms. The van der Waals surface area contributed by atoms with Crippen LogP contribution in [0.25, 0.3) is 0 Å². The van der Waals surface area contributed by atoms with Crippen LogP contribution in [0.3, 0.4) is 0 Å². The molecule has 0 radical (unpaired) electrons. The van der Waals surface area contributed by atoms with Crippen molar-refractivity contribution in [2.75, 3.05) is 18.2 Å². The van der Waals surface area contributed by atoms with Crippen molar-refractivity contribution in [1.29, 1.82) is 0 Å². The maximum Gasteiger partial charge on any atom is 0.225 e. The highest BCUT2D eigenvalue weighted by molar-refractivity contribution is 6.33. The topological polar surface area (TPSA) is 73.1 Å². The molecule has 1 aromatic carbocycles. The summed E-state index contributed by atoms with van der Waals surface area (Å²) in [5.74, 6) is 1.08. The zero-order valence-electron chi connectivity index (χ0n) is 10.1. The molecule has 2 rings (SSSR count). The lowest BCUT2D eigenvalue weighted by Crippen LogP contribution is -2.02. The van der Waals surface area contributed by atoms with Crippen LogP contribution in [0.15, 0.2) is 24.3 Å². The van der Waals surface area contributed by atoms with Gasteiger partial charge in [0.25, 0.3) is 0 Å². The van der Waals surface area contributed by atoms with Crippen LogP contribution in [0.4, 0.5) is 17.5 Å².